The number of hydrogen-bond acceptors (Lipinski definition) is 2. The highest BCUT2D eigenvalue weighted by atomic mass is 19.3. The van der Waals surface area contributed by atoms with Crippen LogP contribution >= 0.6 is 0 Å². The Bertz CT molecular complexity index is 473. The first-order chi connectivity index (χ1) is 10.1. The van der Waals surface area contributed by atoms with E-state index in [0.29, 0.717) is 12.1 Å². The molecular weight excluding hydrogens is 276 g/mol. The van der Waals surface area contributed by atoms with E-state index in [0.717, 1.165) is 25.7 Å². The summed E-state index contributed by atoms with van der Waals surface area (Å²) in [5, 5.41) is 0. The van der Waals surface area contributed by atoms with Gasteiger partial charge < -0.3 is 9.64 Å². The summed E-state index contributed by atoms with van der Waals surface area (Å²) in [5.74, 6) is -0.0836. The van der Waals surface area contributed by atoms with Crippen LogP contribution in [0.4, 0.5) is 8.78 Å². The van der Waals surface area contributed by atoms with Crippen LogP contribution in [-0.4, -0.2) is 30.0 Å². The van der Waals surface area contributed by atoms with Crippen LogP contribution in [0.15, 0.2) is 24.3 Å². The van der Waals surface area contributed by atoms with Crippen LogP contribution in [0.2, 0.25) is 0 Å². The molecule has 0 spiro atoms. The summed E-state index contributed by atoms with van der Waals surface area (Å²) >= 11 is 0. The monoisotopic (exact) mass is 297 g/mol. The molecule has 0 aromatic heterocycles. The third kappa shape index (κ3) is 4.16. The molecule has 0 aliphatic heterocycles. The van der Waals surface area contributed by atoms with E-state index in [4.69, 9.17) is 0 Å². The zero-order valence-electron chi connectivity index (χ0n) is 12.2. The summed E-state index contributed by atoms with van der Waals surface area (Å²) in [6.07, 6.45) is 5.55. The Labute approximate surface area is 123 Å². The second-order valence-corrected chi connectivity index (χ2v) is 5.29. The van der Waals surface area contributed by atoms with Gasteiger partial charge in [0.15, 0.2) is 0 Å². The molecular formula is C16H21F2NO2. The normalized spacial score (nSPS) is 16.0. The van der Waals surface area contributed by atoms with Crippen molar-refractivity contribution in [1.82, 2.24) is 4.90 Å². The van der Waals surface area contributed by atoms with Gasteiger partial charge in [-0.3, -0.25) is 4.79 Å². The highest BCUT2D eigenvalue weighted by Crippen LogP contribution is 2.25. The van der Waals surface area contributed by atoms with Crippen LogP contribution in [0.25, 0.3) is 0 Å². The lowest BCUT2D eigenvalue weighted by Gasteiger charge is -2.33. The molecule has 0 heterocycles. The number of hydrogen-bond donors (Lipinski definition) is 0. The molecule has 1 amide bonds. The van der Waals surface area contributed by atoms with Crippen LogP contribution in [0, 0.1) is 0 Å². The van der Waals surface area contributed by atoms with Crippen LogP contribution in [0.1, 0.15) is 49.4 Å². The molecule has 3 nitrogen and oxygen atoms in total. The van der Waals surface area contributed by atoms with E-state index in [-0.39, 0.29) is 17.7 Å². The van der Waals surface area contributed by atoms with E-state index in [9.17, 15) is 13.6 Å². The minimum Gasteiger partial charge on any atom is -0.435 e. The third-order valence-electron chi connectivity index (χ3n) is 3.92. The molecule has 0 unspecified atom stereocenters. The molecule has 1 saturated carbocycles. The van der Waals surface area contributed by atoms with Crippen molar-refractivity contribution in [1.29, 1.82) is 0 Å². The Balaban J connectivity index is 2.13. The van der Waals surface area contributed by atoms with Crippen LogP contribution in [-0.2, 0) is 0 Å². The molecule has 1 aromatic carbocycles. The predicted octanol–water partition coefficient (Wildman–Crippen LogP) is 4.08. The average molecular weight is 297 g/mol. The number of nitrogens with zero attached hydrogens (tertiary/aromatic N) is 1. The maximum absolute atomic E-state index is 12.6. The van der Waals surface area contributed by atoms with Gasteiger partial charge in [0.2, 0.25) is 0 Å². The van der Waals surface area contributed by atoms with Gasteiger partial charge in [-0.15, -0.1) is 0 Å². The Morgan fingerprint density at radius 2 is 2.05 bits per heavy atom. The fourth-order valence-corrected chi connectivity index (χ4v) is 2.93. The lowest BCUT2D eigenvalue weighted by molar-refractivity contribution is -0.0499. The molecule has 1 aliphatic carbocycles. The van der Waals surface area contributed by atoms with Crippen LogP contribution in [0.5, 0.6) is 5.75 Å². The van der Waals surface area contributed by atoms with Gasteiger partial charge in [-0.1, -0.05) is 25.3 Å². The first kappa shape index (κ1) is 15.7. The lowest BCUT2D eigenvalue weighted by Crippen LogP contribution is -2.41. The minimum atomic E-state index is -2.88. The Morgan fingerprint density at radius 1 is 1.33 bits per heavy atom. The van der Waals surface area contributed by atoms with E-state index in [1.54, 1.807) is 12.1 Å². The van der Waals surface area contributed by atoms with Gasteiger partial charge in [0, 0.05) is 18.2 Å². The second kappa shape index (κ2) is 7.38. The van der Waals surface area contributed by atoms with E-state index in [1.807, 2.05) is 11.8 Å². The summed E-state index contributed by atoms with van der Waals surface area (Å²) in [4.78, 5) is 14.4. The van der Waals surface area contributed by atoms with Gasteiger partial charge in [-0.2, -0.15) is 8.78 Å². The summed E-state index contributed by atoms with van der Waals surface area (Å²) < 4.78 is 28.9. The quantitative estimate of drug-likeness (QED) is 0.819. The minimum absolute atomic E-state index is 0.0237. The fraction of sp³-hybridized carbons (Fsp3) is 0.562. The molecule has 0 atom stereocenters. The van der Waals surface area contributed by atoms with Crippen molar-refractivity contribution in [3.63, 3.8) is 0 Å². The predicted molar refractivity (Wildman–Crippen MR) is 76.7 cm³/mol. The smallest absolute Gasteiger partial charge is 0.387 e. The van der Waals surface area contributed by atoms with Crippen molar-refractivity contribution in [3.8, 4) is 5.75 Å². The Morgan fingerprint density at radius 3 is 2.67 bits per heavy atom. The molecule has 1 aliphatic rings. The van der Waals surface area contributed by atoms with Crippen molar-refractivity contribution >= 4 is 5.91 Å². The standard InChI is InChI=1S/C16H21F2NO2/c1-2-19(13-8-4-3-5-9-13)15(20)12-7-6-10-14(11-12)21-16(17)18/h6-7,10-11,13,16H,2-5,8-9H2,1H3. The molecule has 5 heteroatoms. The highest BCUT2D eigenvalue weighted by molar-refractivity contribution is 5.94. The maximum Gasteiger partial charge on any atom is 0.387 e. The summed E-state index contributed by atoms with van der Waals surface area (Å²) in [6.45, 7) is -0.300. The number of alkyl halides is 2. The number of benzene rings is 1. The molecule has 0 saturated heterocycles. The van der Waals surface area contributed by atoms with Crippen molar-refractivity contribution in [3.05, 3.63) is 29.8 Å². The van der Waals surface area contributed by atoms with Gasteiger partial charge in [0.25, 0.3) is 5.91 Å². The lowest BCUT2D eigenvalue weighted by atomic mass is 9.93. The van der Waals surface area contributed by atoms with E-state index >= 15 is 0 Å². The number of amides is 1. The van der Waals surface area contributed by atoms with Crippen molar-refractivity contribution in [2.24, 2.45) is 0 Å². The SMILES string of the molecule is CCN(C(=O)c1cccc(OC(F)F)c1)C1CCCCC1. The van der Waals surface area contributed by atoms with Crippen LogP contribution < -0.4 is 4.74 Å². The number of carbonyl (C=O) groups excluding carboxylic acids is 1. The molecule has 0 N–H and O–H groups in total. The van der Waals surface area contributed by atoms with E-state index in [2.05, 4.69) is 4.74 Å². The molecule has 0 radical (unpaired) electrons. The highest BCUT2D eigenvalue weighted by Gasteiger charge is 2.25. The van der Waals surface area contributed by atoms with E-state index in [1.165, 1.54) is 18.6 Å². The summed E-state index contributed by atoms with van der Waals surface area (Å²) in [7, 11) is 0. The first-order valence-electron chi connectivity index (χ1n) is 7.47. The Hall–Kier alpha value is -1.65. The molecule has 116 valence electrons. The zero-order valence-corrected chi connectivity index (χ0v) is 12.2. The number of halogens is 2. The molecule has 2 rings (SSSR count). The third-order valence-corrected chi connectivity index (χ3v) is 3.92. The van der Waals surface area contributed by atoms with Gasteiger partial charge in [-0.05, 0) is 38.0 Å². The van der Waals surface area contributed by atoms with Crippen molar-refractivity contribution < 1.29 is 18.3 Å². The first-order valence-corrected chi connectivity index (χ1v) is 7.47. The molecule has 1 fully saturated rings. The summed E-state index contributed by atoms with van der Waals surface area (Å²) in [5.41, 5.74) is 0.403. The molecule has 21 heavy (non-hydrogen) atoms. The number of rotatable bonds is 5. The van der Waals surface area contributed by atoms with Gasteiger partial charge >= 0.3 is 6.61 Å². The fourth-order valence-electron chi connectivity index (χ4n) is 2.93. The molecule has 1 aromatic rings. The van der Waals surface area contributed by atoms with Crippen molar-refractivity contribution in [2.75, 3.05) is 6.54 Å². The van der Waals surface area contributed by atoms with Crippen molar-refractivity contribution in [2.45, 2.75) is 51.7 Å². The number of ether oxygens (including phenoxy) is 1. The zero-order chi connectivity index (χ0) is 15.2. The number of carbonyl (C=O) groups is 1. The second-order valence-electron chi connectivity index (χ2n) is 5.29. The van der Waals surface area contributed by atoms with E-state index < -0.39 is 6.61 Å². The van der Waals surface area contributed by atoms with Gasteiger partial charge in [0.05, 0.1) is 0 Å². The average Bonchev–Trinajstić information content (AvgIpc) is 2.48. The molecule has 0 bridgehead atoms. The summed E-state index contributed by atoms with van der Waals surface area (Å²) in [6, 6.07) is 6.29. The van der Waals surface area contributed by atoms with Crippen LogP contribution in [0.3, 0.4) is 0 Å². The maximum atomic E-state index is 12.6. The van der Waals surface area contributed by atoms with Gasteiger partial charge in [-0.25, -0.2) is 0 Å². The Kier molecular flexibility index (Phi) is 5.53. The topological polar surface area (TPSA) is 29.5 Å². The largest absolute Gasteiger partial charge is 0.435 e. The van der Waals surface area contributed by atoms with Gasteiger partial charge in [0.1, 0.15) is 5.75 Å².